The summed E-state index contributed by atoms with van der Waals surface area (Å²) in [6.07, 6.45) is 7.04. The number of amides is 1. The highest BCUT2D eigenvalue weighted by molar-refractivity contribution is 5.68. The molecule has 2 aliphatic heterocycles. The fraction of sp³-hybridized carbons (Fsp3) is 0.947. The summed E-state index contributed by atoms with van der Waals surface area (Å²) in [5, 5.41) is 3.84. The lowest BCUT2D eigenvalue weighted by molar-refractivity contribution is 0.0193. The number of nitrogens with zero attached hydrogens (tertiary/aromatic N) is 2. The summed E-state index contributed by atoms with van der Waals surface area (Å²) in [6.45, 7) is 13.4. The topological polar surface area (TPSA) is 44.8 Å². The van der Waals surface area contributed by atoms with Crippen molar-refractivity contribution in [2.24, 2.45) is 0 Å². The minimum atomic E-state index is -0.405. The first-order valence-corrected chi connectivity index (χ1v) is 9.83. The standard InChI is InChI=1S/C19H37N3O2/c1-5-6-11-21-12-7-16(8-13-21)20-17-9-14-22(15-10-17)18(23)24-19(2,3)4/h16-17,20H,5-15H2,1-4H3. The van der Waals surface area contributed by atoms with Gasteiger partial charge in [0.1, 0.15) is 5.60 Å². The Morgan fingerprint density at radius 2 is 1.58 bits per heavy atom. The minimum absolute atomic E-state index is 0.162. The average Bonchev–Trinajstić information content (AvgIpc) is 2.53. The van der Waals surface area contributed by atoms with Crippen molar-refractivity contribution in [3.8, 4) is 0 Å². The highest BCUT2D eigenvalue weighted by Gasteiger charge is 2.28. The number of carbonyl (C=O) groups is 1. The first-order chi connectivity index (χ1) is 11.4. The normalized spacial score (nSPS) is 21.9. The predicted octanol–water partition coefficient (Wildman–Crippen LogP) is 3.24. The van der Waals surface area contributed by atoms with E-state index in [1.165, 1.54) is 45.3 Å². The van der Waals surface area contributed by atoms with Crippen LogP contribution < -0.4 is 5.32 Å². The quantitative estimate of drug-likeness (QED) is 0.835. The van der Waals surface area contributed by atoms with Crippen LogP contribution >= 0.6 is 0 Å². The highest BCUT2D eigenvalue weighted by atomic mass is 16.6. The van der Waals surface area contributed by atoms with E-state index in [2.05, 4.69) is 17.1 Å². The summed E-state index contributed by atoms with van der Waals surface area (Å²) >= 11 is 0. The Balaban J connectivity index is 1.64. The molecule has 0 aromatic heterocycles. The molecule has 2 saturated heterocycles. The van der Waals surface area contributed by atoms with Gasteiger partial charge in [-0.25, -0.2) is 4.79 Å². The Hall–Kier alpha value is -0.810. The Morgan fingerprint density at radius 3 is 2.08 bits per heavy atom. The molecule has 0 radical (unpaired) electrons. The Morgan fingerprint density at radius 1 is 1.04 bits per heavy atom. The molecule has 5 nitrogen and oxygen atoms in total. The summed E-state index contributed by atoms with van der Waals surface area (Å²) < 4.78 is 5.47. The zero-order valence-electron chi connectivity index (χ0n) is 16.1. The second-order valence-electron chi connectivity index (χ2n) is 8.38. The van der Waals surface area contributed by atoms with Crippen LogP contribution in [0, 0.1) is 0 Å². The van der Waals surface area contributed by atoms with Gasteiger partial charge in [-0.3, -0.25) is 0 Å². The number of carbonyl (C=O) groups excluding carboxylic acids is 1. The van der Waals surface area contributed by atoms with E-state index in [4.69, 9.17) is 4.74 Å². The highest BCUT2D eigenvalue weighted by Crippen LogP contribution is 2.18. The summed E-state index contributed by atoms with van der Waals surface area (Å²) in [6, 6.07) is 1.21. The first kappa shape index (κ1) is 19.5. The fourth-order valence-corrected chi connectivity index (χ4v) is 3.59. The van der Waals surface area contributed by atoms with Crippen molar-refractivity contribution in [3.05, 3.63) is 0 Å². The van der Waals surface area contributed by atoms with Crippen LogP contribution in [-0.2, 0) is 4.74 Å². The van der Waals surface area contributed by atoms with Crippen LogP contribution in [0.3, 0.4) is 0 Å². The second kappa shape index (κ2) is 9.04. The van der Waals surface area contributed by atoms with Crippen LogP contribution in [0.25, 0.3) is 0 Å². The lowest BCUT2D eigenvalue weighted by atomic mass is 9.99. The molecule has 0 aliphatic carbocycles. The molecule has 0 saturated carbocycles. The lowest BCUT2D eigenvalue weighted by Crippen LogP contribution is -2.51. The van der Waals surface area contributed by atoms with E-state index in [1.807, 2.05) is 25.7 Å². The minimum Gasteiger partial charge on any atom is -0.444 e. The van der Waals surface area contributed by atoms with Gasteiger partial charge in [-0.15, -0.1) is 0 Å². The number of hydrogen-bond acceptors (Lipinski definition) is 4. The average molecular weight is 340 g/mol. The van der Waals surface area contributed by atoms with Gasteiger partial charge >= 0.3 is 6.09 Å². The summed E-state index contributed by atoms with van der Waals surface area (Å²) in [4.78, 5) is 16.6. The van der Waals surface area contributed by atoms with E-state index >= 15 is 0 Å². The Labute approximate surface area is 148 Å². The third-order valence-electron chi connectivity index (χ3n) is 5.03. The molecule has 0 aromatic rings. The summed E-state index contributed by atoms with van der Waals surface area (Å²) in [7, 11) is 0. The number of rotatable bonds is 5. The molecule has 0 atom stereocenters. The molecule has 24 heavy (non-hydrogen) atoms. The van der Waals surface area contributed by atoms with E-state index < -0.39 is 5.60 Å². The number of nitrogens with one attached hydrogen (secondary N) is 1. The number of hydrogen-bond donors (Lipinski definition) is 1. The van der Waals surface area contributed by atoms with E-state index in [-0.39, 0.29) is 6.09 Å². The molecule has 2 aliphatic rings. The van der Waals surface area contributed by atoms with Gasteiger partial charge in [0, 0.05) is 25.2 Å². The Bertz CT molecular complexity index is 379. The maximum Gasteiger partial charge on any atom is 0.410 e. The van der Waals surface area contributed by atoms with E-state index in [1.54, 1.807) is 0 Å². The van der Waals surface area contributed by atoms with Crippen molar-refractivity contribution in [2.75, 3.05) is 32.7 Å². The monoisotopic (exact) mass is 339 g/mol. The van der Waals surface area contributed by atoms with Crippen molar-refractivity contribution in [2.45, 2.75) is 83.9 Å². The predicted molar refractivity (Wildman–Crippen MR) is 98.3 cm³/mol. The smallest absolute Gasteiger partial charge is 0.410 e. The molecule has 0 spiro atoms. The molecule has 0 aromatic carbocycles. The van der Waals surface area contributed by atoms with Gasteiger partial charge in [-0.1, -0.05) is 13.3 Å². The van der Waals surface area contributed by atoms with Gasteiger partial charge in [0.2, 0.25) is 0 Å². The van der Waals surface area contributed by atoms with Crippen molar-refractivity contribution in [1.29, 1.82) is 0 Å². The third kappa shape index (κ3) is 6.60. The van der Waals surface area contributed by atoms with Crippen LogP contribution in [0.2, 0.25) is 0 Å². The van der Waals surface area contributed by atoms with Gasteiger partial charge in [-0.05, 0) is 72.5 Å². The van der Waals surface area contributed by atoms with Crippen LogP contribution in [-0.4, -0.2) is 66.3 Å². The van der Waals surface area contributed by atoms with Crippen LogP contribution in [0.15, 0.2) is 0 Å². The van der Waals surface area contributed by atoms with Crippen molar-refractivity contribution in [1.82, 2.24) is 15.1 Å². The van der Waals surface area contributed by atoms with Gasteiger partial charge < -0.3 is 19.9 Å². The summed E-state index contributed by atoms with van der Waals surface area (Å²) in [5.41, 5.74) is -0.405. The van der Waals surface area contributed by atoms with Gasteiger partial charge in [-0.2, -0.15) is 0 Å². The molecule has 140 valence electrons. The first-order valence-electron chi connectivity index (χ1n) is 9.83. The zero-order valence-corrected chi connectivity index (χ0v) is 16.1. The van der Waals surface area contributed by atoms with Crippen molar-refractivity contribution >= 4 is 6.09 Å². The molecular weight excluding hydrogens is 302 g/mol. The van der Waals surface area contributed by atoms with Crippen LogP contribution in [0.4, 0.5) is 4.79 Å². The number of likely N-dealkylation sites (tertiary alicyclic amines) is 2. The van der Waals surface area contributed by atoms with Crippen molar-refractivity contribution < 1.29 is 9.53 Å². The largest absolute Gasteiger partial charge is 0.444 e. The van der Waals surface area contributed by atoms with Crippen molar-refractivity contribution in [3.63, 3.8) is 0 Å². The fourth-order valence-electron chi connectivity index (χ4n) is 3.59. The third-order valence-corrected chi connectivity index (χ3v) is 5.03. The number of unbranched alkanes of at least 4 members (excludes halogenated alkanes) is 1. The molecule has 2 fully saturated rings. The van der Waals surface area contributed by atoms with Crippen LogP contribution in [0.1, 0.15) is 66.2 Å². The second-order valence-corrected chi connectivity index (χ2v) is 8.38. The zero-order chi connectivity index (χ0) is 17.6. The molecular formula is C19H37N3O2. The molecule has 1 N–H and O–H groups in total. The molecule has 2 heterocycles. The van der Waals surface area contributed by atoms with Crippen LogP contribution in [0.5, 0.6) is 0 Å². The Kier molecular flexibility index (Phi) is 7.35. The van der Waals surface area contributed by atoms with Gasteiger partial charge in [0.05, 0.1) is 0 Å². The van der Waals surface area contributed by atoms with Gasteiger partial charge in [0.15, 0.2) is 0 Å². The van der Waals surface area contributed by atoms with E-state index in [9.17, 15) is 4.79 Å². The number of ether oxygens (including phenoxy) is 1. The maximum absolute atomic E-state index is 12.1. The molecule has 1 amide bonds. The molecule has 2 rings (SSSR count). The lowest BCUT2D eigenvalue weighted by Gasteiger charge is -2.38. The SMILES string of the molecule is CCCCN1CCC(NC2CCN(C(=O)OC(C)(C)C)CC2)CC1. The maximum atomic E-state index is 12.1. The summed E-state index contributed by atoms with van der Waals surface area (Å²) in [5.74, 6) is 0. The van der Waals surface area contributed by atoms with Gasteiger partial charge in [0.25, 0.3) is 0 Å². The molecule has 0 unspecified atom stereocenters. The van der Waals surface area contributed by atoms with E-state index in [0.29, 0.717) is 12.1 Å². The number of piperidine rings is 2. The molecule has 5 heteroatoms. The molecule has 0 bridgehead atoms. The van der Waals surface area contributed by atoms with E-state index in [0.717, 1.165) is 25.9 Å².